The number of hydrogen-bond donors (Lipinski definition) is 0. The van der Waals surface area contributed by atoms with Gasteiger partial charge in [0.05, 0.1) is 5.56 Å². The zero-order valence-corrected chi connectivity index (χ0v) is 38.8. The number of nitrogens with zero attached hydrogens (tertiary/aromatic N) is 7. The van der Waals surface area contributed by atoms with Gasteiger partial charge in [0.2, 0.25) is 0 Å². The summed E-state index contributed by atoms with van der Waals surface area (Å²) < 4.78 is 155. The zero-order valence-electron chi connectivity index (χ0n) is 38.8. The highest BCUT2D eigenvalue weighted by atomic mass is 19.4. The van der Waals surface area contributed by atoms with E-state index in [1.165, 1.54) is 65.1 Å². The first-order valence-corrected chi connectivity index (χ1v) is 20.2. The van der Waals surface area contributed by atoms with Crippen LogP contribution in [0.1, 0.15) is 91.4 Å². The molecule has 0 fully saturated rings. The maximum atomic E-state index is 11.9. The van der Waals surface area contributed by atoms with Crippen molar-refractivity contribution in [2.45, 2.75) is 93.7 Å². The SMILES string of the molecule is Cc1ccc(C(F)(F)F)nc1.Cc1ccc(C(F)F)cn1.Cc1cccc(C(F)F)n1.Cc1ccnc(C(F)(F)F)c1.Cc1ccncc1C.Cc1ccncc1C.Cc1cncc(C(F)(F)F)c1. The zero-order chi connectivity index (χ0) is 52.5. The van der Waals surface area contributed by atoms with Crippen LogP contribution in [0.25, 0.3) is 0 Å². The standard InChI is InChI=1S/3C7H6F3N.2C7H7F2N.2C7H9N/c1-5-2-6(4-11-3-5)7(8,9)10;1-5-2-3-11-6(4-5)7(8,9)10;1-5-2-3-6(11-4-5)7(8,9)10;1-5-2-3-6(4-10-5)7(8)9;1-5-3-2-4-6(10-5)7(8)9;2*1-6-3-4-8-5-7(6)2/h3*2-4H,1H3;2*2-4,7H,1H3;2*3-5H,1-2H3. The van der Waals surface area contributed by atoms with Crippen molar-refractivity contribution in [3.8, 4) is 0 Å². The van der Waals surface area contributed by atoms with Gasteiger partial charge in [-0.15, -0.1) is 0 Å². The predicted molar refractivity (Wildman–Crippen MR) is 237 cm³/mol. The van der Waals surface area contributed by atoms with Crippen molar-refractivity contribution in [2.24, 2.45) is 0 Å². The molecule has 0 aromatic carbocycles. The van der Waals surface area contributed by atoms with E-state index in [4.69, 9.17) is 0 Å². The first kappa shape index (κ1) is 60.2. The molecule has 0 aliphatic rings. The average Bonchev–Trinajstić information content (AvgIpc) is 3.27. The Morgan fingerprint density at radius 3 is 1.30 bits per heavy atom. The van der Waals surface area contributed by atoms with E-state index in [0.29, 0.717) is 16.8 Å². The third kappa shape index (κ3) is 25.7. The molecule has 0 aliphatic carbocycles. The molecule has 0 unspecified atom stereocenters. The highest BCUT2D eigenvalue weighted by Gasteiger charge is 2.33. The number of alkyl halides is 13. The highest BCUT2D eigenvalue weighted by molar-refractivity contribution is 5.21. The van der Waals surface area contributed by atoms with Crippen LogP contribution in [-0.4, -0.2) is 34.9 Å². The molecule has 20 heteroatoms. The van der Waals surface area contributed by atoms with Gasteiger partial charge >= 0.3 is 18.5 Å². The van der Waals surface area contributed by atoms with E-state index in [9.17, 15) is 57.1 Å². The van der Waals surface area contributed by atoms with E-state index in [0.717, 1.165) is 41.9 Å². The van der Waals surface area contributed by atoms with Crippen molar-refractivity contribution < 1.29 is 57.1 Å². The van der Waals surface area contributed by atoms with Crippen molar-refractivity contribution in [2.75, 3.05) is 0 Å². The van der Waals surface area contributed by atoms with Gasteiger partial charge in [-0.3, -0.25) is 34.9 Å². The van der Waals surface area contributed by atoms with Crippen molar-refractivity contribution >= 4 is 0 Å². The number of hydrogen-bond acceptors (Lipinski definition) is 7. The van der Waals surface area contributed by atoms with Crippen LogP contribution in [0.3, 0.4) is 0 Å². The molecule has 0 saturated carbocycles. The van der Waals surface area contributed by atoms with Gasteiger partial charge in [-0.05, 0) is 156 Å². The third-order valence-corrected chi connectivity index (χ3v) is 8.53. The maximum absolute atomic E-state index is 11.9. The molecule has 0 bridgehead atoms. The van der Waals surface area contributed by atoms with E-state index in [2.05, 4.69) is 62.6 Å². The predicted octanol–water partition coefficient (Wildman–Crippen LogP) is 15.3. The molecule has 7 rings (SSSR count). The summed E-state index contributed by atoms with van der Waals surface area (Å²) in [6, 6.07) is 17.5. The second kappa shape index (κ2) is 29.1. The lowest BCUT2D eigenvalue weighted by Gasteiger charge is -2.05. The Kier molecular flexibility index (Phi) is 25.4. The minimum Gasteiger partial charge on any atom is -0.264 e. The summed E-state index contributed by atoms with van der Waals surface area (Å²) in [4.78, 5) is 25.1. The Bertz CT molecular complexity index is 2390. The molecule has 0 spiro atoms. The molecule has 69 heavy (non-hydrogen) atoms. The van der Waals surface area contributed by atoms with Crippen LogP contribution in [0, 0.1) is 62.3 Å². The molecule has 7 aromatic rings. The molecule has 0 N–H and O–H groups in total. The smallest absolute Gasteiger partial charge is 0.264 e. The van der Waals surface area contributed by atoms with Crippen molar-refractivity contribution in [3.05, 3.63) is 207 Å². The van der Waals surface area contributed by atoms with E-state index in [1.54, 1.807) is 52.8 Å². The Morgan fingerprint density at radius 2 is 0.971 bits per heavy atom. The Balaban J connectivity index is 0.000000404. The number of aromatic nitrogens is 7. The molecule has 0 atom stereocenters. The molecule has 7 aromatic heterocycles. The van der Waals surface area contributed by atoms with Crippen LogP contribution in [-0.2, 0) is 18.5 Å². The summed E-state index contributed by atoms with van der Waals surface area (Å²) in [6.45, 7) is 16.6. The van der Waals surface area contributed by atoms with E-state index in [-0.39, 0.29) is 11.3 Å². The van der Waals surface area contributed by atoms with Crippen LogP contribution in [0.2, 0.25) is 0 Å². The largest absolute Gasteiger partial charge is 0.433 e. The molecular formula is C49H50F13N7. The maximum Gasteiger partial charge on any atom is 0.433 e. The molecule has 0 aliphatic heterocycles. The minimum atomic E-state index is -4.33. The van der Waals surface area contributed by atoms with Gasteiger partial charge in [-0.1, -0.05) is 18.2 Å². The Morgan fingerprint density at radius 1 is 0.391 bits per heavy atom. The van der Waals surface area contributed by atoms with Gasteiger partial charge in [0, 0.05) is 72.7 Å². The number of rotatable bonds is 2. The Hall–Kier alpha value is -6.86. The van der Waals surface area contributed by atoms with Gasteiger partial charge in [0.25, 0.3) is 12.9 Å². The van der Waals surface area contributed by atoms with E-state index in [1.807, 2.05) is 36.9 Å². The summed E-state index contributed by atoms with van der Waals surface area (Å²) in [7, 11) is 0. The lowest BCUT2D eigenvalue weighted by Crippen LogP contribution is -2.07. The minimum absolute atomic E-state index is 0.0226. The third-order valence-electron chi connectivity index (χ3n) is 8.53. The Labute approximate surface area is 392 Å². The highest BCUT2D eigenvalue weighted by Crippen LogP contribution is 2.29. The van der Waals surface area contributed by atoms with Crippen LogP contribution in [0.5, 0.6) is 0 Å². The average molecular weight is 984 g/mol. The first-order chi connectivity index (χ1) is 32.0. The molecule has 7 nitrogen and oxygen atoms in total. The van der Waals surface area contributed by atoms with Crippen molar-refractivity contribution in [3.63, 3.8) is 0 Å². The summed E-state index contributed by atoms with van der Waals surface area (Å²) in [5.41, 5.74) is 5.75. The van der Waals surface area contributed by atoms with Gasteiger partial charge in [-0.25, -0.2) is 17.6 Å². The van der Waals surface area contributed by atoms with Crippen molar-refractivity contribution in [1.82, 2.24) is 34.9 Å². The molecular weight excluding hydrogens is 934 g/mol. The normalized spacial score (nSPS) is 10.7. The fourth-order valence-corrected chi connectivity index (χ4v) is 4.42. The molecule has 0 amide bonds. The topological polar surface area (TPSA) is 90.2 Å². The summed E-state index contributed by atoms with van der Waals surface area (Å²) in [5.74, 6) is 0. The lowest BCUT2D eigenvalue weighted by molar-refractivity contribution is -0.142. The number of pyridine rings is 7. The van der Waals surface area contributed by atoms with Crippen LogP contribution in [0.15, 0.2) is 129 Å². The van der Waals surface area contributed by atoms with E-state index >= 15 is 0 Å². The molecule has 0 saturated heterocycles. The van der Waals surface area contributed by atoms with Crippen molar-refractivity contribution in [1.29, 1.82) is 0 Å². The fraction of sp³-hybridized carbons (Fsp3) is 0.286. The van der Waals surface area contributed by atoms with Gasteiger partial charge in [0.15, 0.2) is 0 Å². The second-order valence-electron chi connectivity index (χ2n) is 14.6. The fourth-order valence-electron chi connectivity index (χ4n) is 4.42. The molecule has 7 heterocycles. The number of halogens is 13. The van der Waals surface area contributed by atoms with Crippen LogP contribution in [0.4, 0.5) is 57.1 Å². The van der Waals surface area contributed by atoms with Crippen LogP contribution < -0.4 is 0 Å². The quantitative estimate of drug-likeness (QED) is 0.159. The first-order valence-electron chi connectivity index (χ1n) is 20.2. The molecule has 372 valence electrons. The summed E-state index contributed by atoms with van der Waals surface area (Å²) >= 11 is 0. The summed E-state index contributed by atoms with van der Waals surface area (Å²) in [5, 5.41) is 0. The number of aryl methyl sites for hydroxylation is 9. The monoisotopic (exact) mass is 983 g/mol. The van der Waals surface area contributed by atoms with Gasteiger partial charge in [0.1, 0.15) is 17.1 Å². The van der Waals surface area contributed by atoms with Gasteiger partial charge < -0.3 is 0 Å². The second-order valence-corrected chi connectivity index (χ2v) is 14.6. The van der Waals surface area contributed by atoms with Crippen LogP contribution >= 0.6 is 0 Å². The summed E-state index contributed by atoms with van der Waals surface area (Å²) in [6.07, 6.45) is -4.70. The van der Waals surface area contributed by atoms with Gasteiger partial charge in [-0.2, -0.15) is 39.5 Å². The molecule has 0 radical (unpaired) electrons. The lowest BCUT2D eigenvalue weighted by atomic mass is 10.2. The van der Waals surface area contributed by atoms with E-state index < -0.39 is 48.3 Å².